The lowest BCUT2D eigenvalue weighted by molar-refractivity contribution is -0.385. The number of benzene rings is 1. The third-order valence-electron chi connectivity index (χ3n) is 2.78. The van der Waals surface area contributed by atoms with Crippen LogP contribution in [-0.4, -0.2) is 42.8 Å². The van der Waals surface area contributed by atoms with E-state index in [2.05, 4.69) is 4.89 Å². The average molecular weight is 384 g/mol. The lowest BCUT2D eigenvalue weighted by Crippen LogP contribution is -2.28. The number of carbonyl (C=O) groups is 1. The van der Waals surface area contributed by atoms with Crippen LogP contribution in [0.4, 0.5) is 11.4 Å². The van der Waals surface area contributed by atoms with E-state index in [0.29, 0.717) is 35.4 Å². The number of nitrogens with two attached hydrogens (primary N) is 1. The van der Waals surface area contributed by atoms with Crippen molar-refractivity contribution in [2.45, 2.75) is 4.90 Å². The fraction of sp³-hybridized carbons (Fsp3) is 0.417. The van der Waals surface area contributed by atoms with Gasteiger partial charge < -0.3 is 10.6 Å². The number of alkyl halides is 2. The molecule has 23 heavy (non-hydrogen) atoms. The lowest BCUT2D eigenvalue weighted by Gasteiger charge is -2.25. The number of nitro groups is 1. The summed E-state index contributed by atoms with van der Waals surface area (Å²) in [4.78, 5) is 28.6. The van der Waals surface area contributed by atoms with Gasteiger partial charge >= 0.3 is 0 Å². The van der Waals surface area contributed by atoms with Gasteiger partial charge in [-0.05, 0) is 6.07 Å². The Hall–Kier alpha value is -1.26. The SMILES string of the molecule is COOSc1cc([N+](=O)[O-])c(C(N)=O)cc1N(CCCl)CCCl. The summed E-state index contributed by atoms with van der Waals surface area (Å²) in [5.74, 6) is -0.303. The van der Waals surface area contributed by atoms with Crippen LogP contribution in [0.5, 0.6) is 0 Å². The summed E-state index contributed by atoms with van der Waals surface area (Å²) in [7, 11) is 1.30. The van der Waals surface area contributed by atoms with E-state index < -0.39 is 16.5 Å². The van der Waals surface area contributed by atoms with Gasteiger partial charge in [-0.15, -0.1) is 23.2 Å². The summed E-state index contributed by atoms with van der Waals surface area (Å²) in [5, 5.41) is 11.1. The van der Waals surface area contributed by atoms with Gasteiger partial charge in [0.2, 0.25) is 0 Å². The van der Waals surface area contributed by atoms with Crippen LogP contribution in [0, 0.1) is 10.1 Å². The molecule has 0 atom stereocenters. The molecule has 0 saturated heterocycles. The van der Waals surface area contributed by atoms with Gasteiger partial charge in [-0.25, -0.2) is 4.89 Å². The van der Waals surface area contributed by atoms with Crippen molar-refractivity contribution >= 4 is 52.5 Å². The standard InChI is InChI=1S/C12H15Cl2N3O5S/c1-21-22-23-11-7-9(17(19)20)8(12(15)18)6-10(11)16(4-2-13)5-3-14/h6-7H,2-5H2,1H3,(H2,15,18). The third kappa shape index (κ3) is 5.40. The van der Waals surface area contributed by atoms with Gasteiger partial charge in [0.25, 0.3) is 11.6 Å². The number of amides is 1. The van der Waals surface area contributed by atoms with Gasteiger partial charge in [-0.3, -0.25) is 14.9 Å². The number of carbonyl (C=O) groups excluding carboxylic acids is 1. The van der Waals surface area contributed by atoms with E-state index in [-0.39, 0.29) is 5.56 Å². The second-order valence-corrected chi connectivity index (χ2v) is 5.64. The van der Waals surface area contributed by atoms with Crippen LogP contribution in [0.25, 0.3) is 0 Å². The Morgan fingerprint density at radius 3 is 2.43 bits per heavy atom. The van der Waals surface area contributed by atoms with Crippen LogP contribution in [-0.2, 0) is 9.22 Å². The van der Waals surface area contributed by atoms with E-state index in [9.17, 15) is 14.9 Å². The monoisotopic (exact) mass is 383 g/mol. The van der Waals surface area contributed by atoms with Crippen LogP contribution >= 0.6 is 35.2 Å². The van der Waals surface area contributed by atoms with Crippen molar-refractivity contribution in [2.24, 2.45) is 5.73 Å². The maximum atomic E-state index is 11.5. The first-order valence-electron chi connectivity index (χ1n) is 6.32. The summed E-state index contributed by atoms with van der Waals surface area (Å²) >= 11 is 12.3. The highest BCUT2D eigenvalue weighted by molar-refractivity contribution is 7.94. The molecule has 0 aliphatic rings. The molecule has 128 valence electrons. The number of hydrogen-bond acceptors (Lipinski definition) is 7. The average Bonchev–Trinajstić information content (AvgIpc) is 2.51. The van der Waals surface area contributed by atoms with Crippen molar-refractivity contribution in [1.29, 1.82) is 0 Å². The first kappa shape index (κ1) is 19.8. The van der Waals surface area contributed by atoms with E-state index in [1.54, 1.807) is 4.90 Å². The van der Waals surface area contributed by atoms with Crippen LogP contribution in [0.1, 0.15) is 10.4 Å². The molecule has 2 N–H and O–H groups in total. The fourth-order valence-corrected chi connectivity index (χ4v) is 2.83. The first-order chi connectivity index (χ1) is 11.0. The van der Waals surface area contributed by atoms with E-state index >= 15 is 0 Å². The summed E-state index contributed by atoms with van der Waals surface area (Å²) < 4.78 is 4.79. The Kier molecular flexibility index (Phi) is 8.42. The van der Waals surface area contributed by atoms with Crippen LogP contribution < -0.4 is 10.6 Å². The highest BCUT2D eigenvalue weighted by atomic mass is 35.5. The van der Waals surface area contributed by atoms with Crippen LogP contribution in [0.15, 0.2) is 17.0 Å². The van der Waals surface area contributed by atoms with Crippen LogP contribution in [0.2, 0.25) is 0 Å². The number of nitrogens with zero attached hydrogens (tertiary/aromatic N) is 2. The van der Waals surface area contributed by atoms with Crippen molar-refractivity contribution in [3.05, 3.63) is 27.8 Å². The topological polar surface area (TPSA) is 108 Å². The second-order valence-electron chi connectivity index (χ2n) is 4.14. The minimum Gasteiger partial charge on any atom is -0.368 e. The van der Waals surface area contributed by atoms with Gasteiger partial charge in [0.05, 0.1) is 34.7 Å². The third-order valence-corrected chi connectivity index (χ3v) is 3.83. The Bertz CT molecular complexity index is 570. The number of rotatable bonds is 10. The highest BCUT2D eigenvalue weighted by Crippen LogP contribution is 2.36. The Morgan fingerprint density at radius 1 is 1.39 bits per heavy atom. The zero-order chi connectivity index (χ0) is 17.4. The zero-order valence-electron chi connectivity index (χ0n) is 12.2. The number of anilines is 1. The van der Waals surface area contributed by atoms with Gasteiger partial charge in [-0.2, -0.15) is 4.33 Å². The smallest absolute Gasteiger partial charge is 0.283 e. The van der Waals surface area contributed by atoms with Gasteiger partial charge in [0, 0.05) is 30.9 Å². The Balaban J connectivity index is 3.45. The zero-order valence-corrected chi connectivity index (χ0v) is 14.5. The van der Waals surface area contributed by atoms with Gasteiger partial charge in [0.15, 0.2) is 0 Å². The predicted octanol–water partition coefficient (Wildman–Crippen LogP) is 2.56. The van der Waals surface area contributed by atoms with Gasteiger partial charge in [0.1, 0.15) is 5.56 Å². The van der Waals surface area contributed by atoms with E-state index in [1.165, 1.54) is 19.2 Å². The predicted molar refractivity (Wildman–Crippen MR) is 89.2 cm³/mol. The highest BCUT2D eigenvalue weighted by Gasteiger charge is 2.24. The molecule has 0 spiro atoms. The minimum atomic E-state index is -0.904. The fourth-order valence-electron chi connectivity index (χ4n) is 1.85. The number of hydrogen-bond donors (Lipinski definition) is 1. The van der Waals surface area contributed by atoms with Crippen molar-refractivity contribution in [2.75, 3.05) is 36.9 Å². The maximum Gasteiger partial charge on any atom is 0.283 e. The summed E-state index contributed by atoms with van der Waals surface area (Å²) in [5.41, 5.74) is 5.11. The Morgan fingerprint density at radius 2 is 2.00 bits per heavy atom. The molecule has 0 fully saturated rings. The molecule has 1 rings (SSSR count). The summed E-state index contributed by atoms with van der Waals surface area (Å²) in [6.45, 7) is 0.843. The molecule has 0 aromatic heterocycles. The van der Waals surface area contributed by atoms with E-state index in [4.69, 9.17) is 33.3 Å². The van der Waals surface area contributed by atoms with E-state index in [0.717, 1.165) is 12.0 Å². The molecule has 11 heteroatoms. The van der Waals surface area contributed by atoms with Crippen molar-refractivity contribution in [3.8, 4) is 0 Å². The molecule has 8 nitrogen and oxygen atoms in total. The summed E-state index contributed by atoms with van der Waals surface area (Å²) in [6.07, 6.45) is 0. The second kappa shape index (κ2) is 9.78. The molecule has 0 aliphatic heterocycles. The lowest BCUT2D eigenvalue weighted by atomic mass is 10.1. The molecule has 0 bridgehead atoms. The molecule has 1 aromatic carbocycles. The molecule has 0 heterocycles. The van der Waals surface area contributed by atoms with Crippen molar-refractivity contribution in [1.82, 2.24) is 0 Å². The normalized spacial score (nSPS) is 10.6. The quantitative estimate of drug-likeness (QED) is 0.217. The first-order valence-corrected chi connectivity index (χ1v) is 8.13. The number of primary amides is 1. The molecule has 0 aliphatic carbocycles. The van der Waals surface area contributed by atoms with Crippen molar-refractivity contribution in [3.63, 3.8) is 0 Å². The van der Waals surface area contributed by atoms with E-state index in [1.807, 2.05) is 0 Å². The molecule has 0 unspecified atom stereocenters. The largest absolute Gasteiger partial charge is 0.368 e. The summed E-state index contributed by atoms with van der Waals surface area (Å²) in [6, 6.07) is 2.54. The maximum absolute atomic E-state index is 11.5. The Labute approximate surface area is 147 Å². The molecular formula is C12H15Cl2N3O5S. The molecule has 1 aromatic rings. The number of halogens is 2. The molecule has 0 radical (unpaired) electrons. The minimum absolute atomic E-state index is 0.207. The molecule has 1 amide bonds. The molecule has 0 saturated carbocycles. The van der Waals surface area contributed by atoms with Crippen molar-refractivity contribution < 1.29 is 18.9 Å². The van der Waals surface area contributed by atoms with Crippen LogP contribution in [0.3, 0.4) is 0 Å². The number of nitro benzene ring substituents is 1. The molecular weight excluding hydrogens is 369 g/mol. The van der Waals surface area contributed by atoms with Gasteiger partial charge in [-0.1, -0.05) is 0 Å².